The Bertz CT molecular complexity index is 656. The highest BCUT2D eigenvalue weighted by Gasteiger charge is 2.19. The van der Waals surface area contributed by atoms with Crippen molar-refractivity contribution in [3.05, 3.63) is 56.8 Å². The van der Waals surface area contributed by atoms with E-state index in [0.717, 1.165) is 4.88 Å². The molecule has 6 nitrogen and oxygen atoms in total. The first-order chi connectivity index (χ1) is 10.5. The Morgan fingerprint density at radius 1 is 1.27 bits per heavy atom. The number of hydrogen-bond acceptors (Lipinski definition) is 4. The number of non-ortho nitro benzene ring substituents is 1. The van der Waals surface area contributed by atoms with E-state index in [2.05, 4.69) is 10.6 Å². The van der Waals surface area contributed by atoms with E-state index in [1.807, 2.05) is 31.4 Å². The first kappa shape index (κ1) is 16.0. The van der Waals surface area contributed by atoms with Crippen LogP contribution in [-0.4, -0.2) is 11.0 Å². The molecular weight excluding hydrogens is 302 g/mol. The lowest BCUT2D eigenvalue weighted by Crippen LogP contribution is -2.34. The minimum absolute atomic E-state index is 0.0588. The summed E-state index contributed by atoms with van der Waals surface area (Å²) in [6, 6.07) is 9.29. The van der Waals surface area contributed by atoms with E-state index in [-0.39, 0.29) is 23.7 Å². The quantitative estimate of drug-likeness (QED) is 0.640. The van der Waals surface area contributed by atoms with Gasteiger partial charge in [-0.15, -0.1) is 11.3 Å². The van der Waals surface area contributed by atoms with Crippen LogP contribution >= 0.6 is 11.3 Å². The van der Waals surface area contributed by atoms with Crippen molar-refractivity contribution in [3.63, 3.8) is 0 Å². The zero-order chi connectivity index (χ0) is 16.1. The summed E-state index contributed by atoms with van der Waals surface area (Å²) in [5.74, 6) is 0.231. The van der Waals surface area contributed by atoms with Gasteiger partial charge in [-0.25, -0.2) is 4.79 Å². The number of nitrogens with zero attached hydrogens (tertiary/aromatic N) is 1. The number of carbonyl (C=O) groups is 1. The first-order valence-corrected chi connectivity index (χ1v) is 7.70. The molecular formula is C15H17N3O3S. The Morgan fingerprint density at radius 3 is 2.64 bits per heavy atom. The number of anilines is 1. The Kier molecular flexibility index (Phi) is 5.11. The summed E-state index contributed by atoms with van der Waals surface area (Å²) in [6.07, 6.45) is 0. The Hall–Kier alpha value is -2.41. The van der Waals surface area contributed by atoms with Gasteiger partial charge in [-0.2, -0.15) is 0 Å². The molecule has 2 N–H and O–H groups in total. The highest BCUT2D eigenvalue weighted by Crippen LogP contribution is 2.26. The van der Waals surface area contributed by atoms with E-state index < -0.39 is 4.92 Å². The molecule has 2 rings (SSSR count). The maximum atomic E-state index is 12.1. The zero-order valence-corrected chi connectivity index (χ0v) is 13.1. The second-order valence-electron chi connectivity index (χ2n) is 5.14. The Balaban J connectivity index is 2.05. The Labute approximate surface area is 132 Å². The molecule has 1 unspecified atom stereocenters. The summed E-state index contributed by atoms with van der Waals surface area (Å²) in [5.41, 5.74) is 0.330. The first-order valence-electron chi connectivity index (χ1n) is 6.82. The number of urea groups is 1. The van der Waals surface area contributed by atoms with Gasteiger partial charge >= 0.3 is 6.03 Å². The average Bonchev–Trinajstić information content (AvgIpc) is 2.98. The molecule has 1 atom stereocenters. The van der Waals surface area contributed by atoms with Crippen molar-refractivity contribution < 1.29 is 9.72 Å². The van der Waals surface area contributed by atoms with E-state index in [1.54, 1.807) is 17.4 Å². The van der Waals surface area contributed by atoms with Crippen LogP contribution in [-0.2, 0) is 0 Å². The predicted molar refractivity (Wildman–Crippen MR) is 87.1 cm³/mol. The van der Waals surface area contributed by atoms with Crippen molar-refractivity contribution in [2.24, 2.45) is 5.92 Å². The average molecular weight is 319 g/mol. The lowest BCUT2D eigenvalue weighted by Gasteiger charge is -2.21. The molecule has 0 fully saturated rings. The van der Waals surface area contributed by atoms with Crippen LogP contribution in [0.5, 0.6) is 0 Å². The highest BCUT2D eigenvalue weighted by atomic mass is 32.1. The van der Waals surface area contributed by atoms with Crippen molar-refractivity contribution in [2.75, 3.05) is 5.32 Å². The molecule has 2 amide bonds. The number of amides is 2. The van der Waals surface area contributed by atoms with Gasteiger partial charge in [0.25, 0.3) is 5.69 Å². The molecule has 0 aliphatic heterocycles. The topological polar surface area (TPSA) is 84.3 Å². The molecule has 7 heteroatoms. The number of nitrogens with one attached hydrogen (secondary N) is 2. The van der Waals surface area contributed by atoms with E-state index >= 15 is 0 Å². The van der Waals surface area contributed by atoms with Crippen molar-refractivity contribution in [2.45, 2.75) is 19.9 Å². The molecule has 0 saturated carbocycles. The van der Waals surface area contributed by atoms with Gasteiger partial charge < -0.3 is 10.6 Å². The maximum Gasteiger partial charge on any atom is 0.319 e. The van der Waals surface area contributed by atoms with Crippen molar-refractivity contribution >= 4 is 28.7 Å². The lowest BCUT2D eigenvalue weighted by atomic mass is 10.0. The molecule has 0 aliphatic rings. The molecule has 1 aromatic carbocycles. The zero-order valence-electron chi connectivity index (χ0n) is 12.3. The Morgan fingerprint density at radius 2 is 2.05 bits per heavy atom. The van der Waals surface area contributed by atoms with Crippen LogP contribution in [0.4, 0.5) is 16.2 Å². The van der Waals surface area contributed by atoms with Gasteiger partial charge in [-0.05, 0) is 23.4 Å². The molecule has 2 aromatic rings. The van der Waals surface area contributed by atoms with Crippen LogP contribution in [0.1, 0.15) is 24.8 Å². The van der Waals surface area contributed by atoms with Crippen LogP contribution in [0, 0.1) is 16.0 Å². The van der Waals surface area contributed by atoms with Gasteiger partial charge in [-0.1, -0.05) is 26.0 Å². The van der Waals surface area contributed by atoms with Gasteiger partial charge in [-0.3, -0.25) is 10.1 Å². The van der Waals surface area contributed by atoms with E-state index in [1.165, 1.54) is 18.2 Å². The van der Waals surface area contributed by atoms with Gasteiger partial charge in [0.05, 0.1) is 11.0 Å². The van der Waals surface area contributed by atoms with Crippen molar-refractivity contribution in [3.8, 4) is 0 Å². The number of nitro benzene ring substituents is 1. The molecule has 0 spiro atoms. The third kappa shape index (κ3) is 4.05. The largest absolute Gasteiger partial charge is 0.330 e. The van der Waals surface area contributed by atoms with E-state index in [9.17, 15) is 14.9 Å². The van der Waals surface area contributed by atoms with E-state index in [0.29, 0.717) is 5.69 Å². The second kappa shape index (κ2) is 7.04. The van der Waals surface area contributed by atoms with Crippen LogP contribution in [0.25, 0.3) is 0 Å². The summed E-state index contributed by atoms with van der Waals surface area (Å²) in [5, 5.41) is 18.2. The lowest BCUT2D eigenvalue weighted by molar-refractivity contribution is -0.384. The van der Waals surface area contributed by atoms with Crippen molar-refractivity contribution in [1.82, 2.24) is 5.32 Å². The number of nitro groups is 1. The summed E-state index contributed by atoms with van der Waals surface area (Å²) in [7, 11) is 0. The fourth-order valence-corrected chi connectivity index (χ4v) is 2.99. The van der Waals surface area contributed by atoms with Gasteiger partial charge in [0, 0.05) is 22.7 Å². The molecule has 0 saturated heterocycles. The SMILES string of the molecule is CC(C)C(NC(=O)Nc1cccc([N+](=O)[O-])c1)c1cccs1. The van der Waals surface area contributed by atoms with Crippen LogP contribution in [0.3, 0.4) is 0 Å². The fourth-order valence-electron chi connectivity index (χ4n) is 2.04. The third-order valence-electron chi connectivity index (χ3n) is 3.12. The highest BCUT2D eigenvalue weighted by molar-refractivity contribution is 7.10. The number of benzene rings is 1. The monoisotopic (exact) mass is 319 g/mol. The molecule has 0 bridgehead atoms. The predicted octanol–water partition coefficient (Wildman–Crippen LogP) is 4.18. The van der Waals surface area contributed by atoms with Gasteiger partial charge in [0.15, 0.2) is 0 Å². The van der Waals surface area contributed by atoms with Crippen molar-refractivity contribution in [1.29, 1.82) is 0 Å². The molecule has 1 aromatic heterocycles. The molecule has 22 heavy (non-hydrogen) atoms. The second-order valence-corrected chi connectivity index (χ2v) is 6.12. The minimum atomic E-state index is -0.494. The molecule has 0 radical (unpaired) electrons. The number of rotatable bonds is 5. The summed E-state index contributed by atoms with van der Waals surface area (Å²) >= 11 is 1.58. The van der Waals surface area contributed by atoms with Crippen LogP contribution < -0.4 is 10.6 Å². The molecule has 0 aliphatic carbocycles. The summed E-state index contributed by atoms with van der Waals surface area (Å²) in [6.45, 7) is 4.05. The fraction of sp³-hybridized carbons (Fsp3) is 0.267. The van der Waals surface area contributed by atoms with Crippen LogP contribution in [0.2, 0.25) is 0 Å². The van der Waals surface area contributed by atoms with Crippen LogP contribution in [0.15, 0.2) is 41.8 Å². The number of carbonyl (C=O) groups excluding carboxylic acids is 1. The molecule has 1 heterocycles. The molecule has 116 valence electrons. The maximum absolute atomic E-state index is 12.1. The van der Waals surface area contributed by atoms with E-state index in [4.69, 9.17) is 0 Å². The standard InChI is InChI=1S/C15H17N3O3S/c1-10(2)14(13-7-4-8-22-13)17-15(19)16-11-5-3-6-12(9-11)18(20)21/h3-10,14H,1-2H3,(H2,16,17,19). The third-order valence-corrected chi connectivity index (χ3v) is 4.07. The normalized spacial score (nSPS) is 12.0. The van der Waals surface area contributed by atoms with Gasteiger partial charge in [0.1, 0.15) is 0 Å². The number of hydrogen-bond donors (Lipinski definition) is 2. The summed E-state index contributed by atoms with van der Waals surface area (Å²) in [4.78, 5) is 23.4. The smallest absolute Gasteiger partial charge is 0.319 e. The number of thiophene rings is 1. The summed E-state index contributed by atoms with van der Waals surface area (Å²) < 4.78 is 0. The minimum Gasteiger partial charge on any atom is -0.330 e. The van der Waals surface area contributed by atoms with Gasteiger partial charge in [0.2, 0.25) is 0 Å².